The first-order chi connectivity index (χ1) is 6.07. The fourth-order valence-corrected chi connectivity index (χ4v) is 1.47. The van der Waals surface area contributed by atoms with Crippen molar-refractivity contribution in [3.05, 3.63) is 44.4 Å². The van der Waals surface area contributed by atoms with Crippen LogP contribution in [0.5, 0.6) is 0 Å². The van der Waals surface area contributed by atoms with Crippen molar-refractivity contribution >= 4 is 35.0 Å². The molecule has 0 unspecified atom stereocenters. The van der Waals surface area contributed by atoms with Gasteiger partial charge < -0.3 is 0 Å². The lowest BCUT2D eigenvalue weighted by atomic mass is 10.2. The van der Waals surface area contributed by atoms with Gasteiger partial charge in [-0.1, -0.05) is 41.9 Å². The molecule has 0 amide bonds. The number of nitrogens with zero attached hydrogens (tertiary/aromatic N) is 1. The Morgan fingerprint density at radius 2 is 2.08 bits per heavy atom. The van der Waals surface area contributed by atoms with Gasteiger partial charge in [-0.3, -0.25) is 10.1 Å². The van der Waals surface area contributed by atoms with E-state index in [9.17, 15) is 10.1 Å². The Kier molecular flexibility index (Phi) is 2.90. The van der Waals surface area contributed by atoms with Crippen LogP contribution >= 0.6 is 23.2 Å². The normalized spacial score (nSPS) is 9.69. The first-order valence-corrected chi connectivity index (χ1v) is 4.08. The molecular weight excluding hydrogens is 213 g/mol. The third-order valence-electron chi connectivity index (χ3n) is 1.50. The number of nitro benzene ring substituents is 1. The summed E-state index contributed by atoms with van der Waals surface area (Å²) >= 11 is 11.3. The van der Waals surface area contributed by atoms with Crippen LogP contribution < -0.4 is 0 Å². The van der Waals surface area contributed by atoms with Gasteiger partial charge in [0.05, 0.1) is 4.92 Å². The summed E-state index contributed by atoms with van der Waals surface area (Å²) in [5.74, 6) is 0. The second-order valence-corrected chi connectivity index (χ2v) is 3.05. The molecule has 1 rings (SSSR count). The van der Waals surface area contributed by atoms with Crippen molar-refractivity contribution in [2.24, 2.45) is 0 Å². The Morgan fingerprint density at radius 1 is 1.46 bits per heavy atom. The van der Waals surface area contributed by atoms with Crippen LogP contribution in [0.25, 0.3) is 6.08 Å². The van der Waals surface area contributed by atoms with E-state index < -0.39 is 4.92 Å². The van der Waals surface area contributed by atoms with Crippen LogP contribution in [-0.2, 0) is 0 Å². The SMILES string of the molecule is C=Cc1ccc(Cl)c([N+](=O)[O-])c1Cl. The predicted octanol–water partition coefficient (Wildman–Crippen LogP) is 3.54. The Balaban J connectivity index is 3.47. The van der Waals surface area contributed by atoms with E-state index in [1.54, 1.807) is 6.07 Å². The van der Waals surface area contributed by atoms with Crippen molar-refractivity contribution in [3.63, 3.8) is 0 Å². The lowest BCUT2D eigenvalue weighted by Gasteiger charge is -2.00. The summed E-state index contributed by atoms with van der Waals surface area (Å²) in [6.45, 7) is 3.47. The molecule has 5 heteroatoms. The van der Waals surface area contributed by atoms with E-state index in [1.165, 1.54) is 12.1 Å². The van der Waals surface area contributed by atoms with Gasteiger partial charge in [0.25, 0.3) is 0 Å². The summed E-state index contributed by atoms with van der Waals surface area (Å²) in [7, 11) is 0. The van der Waals surface area contributed by atoms with E-state index in [-0.39, 0.29) is 15.7 Å². The fourth-order valence-electron chi connectivity index (χ4n) is 0.882. The monoisotopic (exact) mass is 217 g/mol. The molecule has 0 aliphatic rings. The highest BCUT2D eigenvalue weighted by atomic mass is 35.5. The molecule has 0 fully saturated rings. The van der Waals surface area contributed by atoms with Crippen LogP contribution in [0.2, 0.25) is 10.0 Å². The van der Waals surface area contributed by atoms with Crippen molar-refractivity contribution in [3.8, 4) is 0 Å². The topological polar surface area (TPSA) is 43.1 Å². The Hall–Kier alpha value is -1.06. The summed E-state index contributed by atoms with van der Waals surface area (Å²) in [6, 6.07) is 2.99. The van der Waals surface area contributed by atoms with E-state index in [1.807, 2.05) is 0 Å². The van der Waals surface area contributed by atoms with E-state index in [0.29, 0.717) is 5.56 Å². The highest BCUT2D eigenvalue weighted by molar-refractivity contribution is 6.39. The highest BCUT2D eigenvalue weighted by Gasteiger charge is 2.19. The predicted molar refractivity (Wildman–Crippen MR) is 53.2 cm³/mol. The van der Waals surface area contributed by atoms with Gasteiger partial charge in [0.15, 0.2) is 0 Å². The summed E-state index contributed by atoms with van der Waals surface area (Å²) in [4.78, 5) is 9.90. The summed E-state index contributed by atoms with van der Waals surface area (Å²) < 4.78 is 0. The maximum atomic E-state index is 10.5. The molecule has 0 saturated heterocycles. The minimum atomic E-state index is -0.613. The van der Waals surface area contributed by atoms with Gasteiger partial charge in [-0.2, -0.15) is 0 Å². The van der Waals surface area contributed by atoms with E-state index in [4.69, 9.17) is 23.2 Å². The maximum absolute atomic E-state index is 10.5. The molecule has 3 nitrogen and oxygen atoms in total. The van der Waals surface area contributed by atoms with Crippen LogP contribution in [0.3, 0.4) is 0 Å². The maximum Gasteiger partial charge on any atom is 0.306 e. The molecule has 0 heterocycles. The summed E-state index contributed by atoms with van der Waals surface area (Å²) in [6.07, 6.45) is 1.44. The third kappa shape index (κ3) is 1.82. The first-order valence-electron chi connectivity index (χ1n) is 3.32. The fraction of sp³-hybridized carbons (Fsp3) is 0. The number of hydrogen-bond acceptors (Lipinski definition) is 2. The average Bonchev–Trinajstić information content (AvgIpc) is 2.04. The van der Waals surface area contributed by atoms with Crippen LogP contribution in [0, 0.1) is 10.1 Å². The minimum absolute atomic E-state index is 0.0208. The van der Waals surface area contributed by atoms with Crippen LogP contribution in [0.1, 0.15) is 5.56 Å². The summed E-state index contributed by atoms with van der Waals surface area (Å²) in [5, 5.41) is 10.6. The zero-order valence-corrected chi connectivity index (χ0v) is 7.97. The minimum Gasteiger partial charge on any atom is -0.258 e. The van der Waals surface area contributed by atoms with Gasteiger partial charge in [-0.15, -0.1) is 0 Å². The van der Waals surface area contributed by atoms with Gasteiger partial charge in [0.2, 0.25) is 0 Å². The van der Waals surface area contributed by atoms with Crippen LogP contribution in [0.4, 0.5) is 5.69 Å². The molecule has 1 aromatic carbocycles. The van der Waals surface area contributed by atoms with Crippen molar-refractivity contribution in [1.82, 2.24) is 0 Å². The molecule has 1 aromatic rings. The molecule has 0 aliphatic heterocycles. The molecule has 68 valence electrons. The number of halogens is 2. The summed E-state index contributed by atoms with van der Waals surface area (Å²) in [5.41, 5.74) is 0.221. The lowest BCUT2D eigenvalue weighted by molar-refractivity contribution is -0.384. The molecule has 0 saturated carbocycles. The molecule has 0 bridgehead atoms. The smallest absolute Gasteiger partial charge is 0.258 e. The number of rotatable bonds is 2. The first kappa shape index (κ1) is 10.0. The zero-order valence-electron chi connectivity index (χ0n) is 6.46. The van der Waals surface area contributed by atoms with Gasteiger partial charge in [0, 0.05) is 0 Å². The van der Waals surface area contributed by atoms with Gasteiger partial charge in [-0.05, 0) is 11.6 Å². The zero-order chi connectivity index (χ0) is 10.0. The third-order valence-corrected chi connectivity index (χ3v) is 2.20. The Morgan fingerprint density at radius 3 is 2.54 bits per heavy atom. The second kappa shape index (κ2) is 3.77. The van der Waals surface area contributed by atoms with Crippen molar-refractivity contribution < 1.29 is 4.92 Å². The number of benzene rings is 1. The molecular formula is C8H5Cl2NO2. The van der Waals surface area contributed by atoms with Crippen molar-refractivity contribution in [2.75, 3.05) is 0 Å². The van der Waals surface area contributed by atoms with Crippen LogP contribution in [-0.4, -0.2) is 4.92 Å². The number of hydrogen-bond donors (Lipinski definition) is 0. The molecule has 0 atom stereocenters. The highest BCUT2D eigenvalue weighted by Crippen LogP contribution is 2.35. The Bertz CT molecular complexity index is 377. The van der Waals surface area contributed by atoms with Gasteiger partial charge >= 0.3 is 5.69 Å². The Labute approximate surface area is 84.7 Å². The van der Waals surface area contributed by atoms with E-state index in [0.717, 1.165) is 0 Å². The van der Waals surface area contributed by atoms with Crippen molar-refractivity contribution in [1.29, 1.82) is 0 Å². The molecule has 0 aromatic heterocycles. The molecule has 13 heavy (non-hydrogen) atoms. The van der Waals surface area contributed by atoms with Crippen molar-refractivity contribution in [2.45, 2.75) is 0 Å². The largest absolute Gasteiger partial charge is 0.306 e. The van der Waals surface area contributed by atoms with Gasteiger partial charge in [0.1, 0.15) is 10.0 Å². The molecule has 0 N–H and O–H groups in total. The van der Waals surface area contributed by atoms with E-state index in [2.05, 4.69) is 6.58 Å². The molecule has 0 spiro atoms. The average molecular weight is 218 g/mol. The standard InChI is InChI=1S/C8H5Cl2NO2/c1-2-5-3-4-6(9)8(7(5)10)11(12)13/h2-4H,1H2. The van der Waals surface area contributed by atoms with Crippen LogP contribution in [0.15, 0.2) is 18.7 Å². The van der Waals surface area contributed by atoms with Gasteiger partial charge in [-0.25, -0.2) is 0 Å². The number of nitro groups is 1. The lowest BCUT2D eigenvalue weighted by Crippen LogP contribution is -1.91. The molecule has 0 aliphatic carbocycles. The molecule has 0 radical (unpaired) electrons. The second-order valence-electron chi connectivity index (χ2n) is 2.26. The quantitative estimate of drug-likeness (QED) is 0.562. The van der Waals surface area contributed by atoms with E-state index >= 15 is 0 Å².